The Morgan fingerprint density at radius 1 is 1.33 bits per heavy atom. The van der Waals surface area contributed by atoms with E-state index >= 15 is 0 Å². The summed E-state index contributed by atoms with van der Waals surface area (Å²) in [6.45, 7) is 4.30. The van der Waals surface area contributed by atoms with Gasteiger partial charge in [-0.2, -0.15) is 0 Å². The standard InChI is InChI=1S/C14H20BrNO2/c1-9-7-11(17-2)14(18-3)13(15)12(9)10-5-4-6-16-8-10/h7,10,16H,4-6,8H2,1-3H3. The molecule has 1 heterocycles. The van der Waals surface area contributed by atoms with Crippen LogP contribution in [0.25, 0.3) is 0 Å². The lowest BCUT2D eigenvalue weighted by molar-refractivity contribution is 0.351. The highest BCUT2D eigenvalue weighted by Gasteiger charge is 2.23. The zero-order valence-electron chi connectivity index (χ0n) is 11.2. The Morgan fingerprint density at radius 3 is 2.67 bits per heavy atom. The molecule has 100 valence electrons. The van der Waals surface area contributed by atoms with Crippen LogP contribution in [0.4, 0.5) is 0 Å². The van der Waals surface area contributed by atoms with E-state index in [0.29, 0.717) is 5.92 Å². The van der Waals surface area contributed by atoms with Gasteiger partial charge in [0.05, 0.1) is 18.7 Å². The Balaban J connectivity index is 2.46. The summed E-state index contributed by atoms with van der Waals surface area (Å²) < 4.78 is 11.9. The van der Waals surface area contributed by atoms with Crippen LogP contribution in [-0.2, 0) is 0 Å². The van der Waals surface area contributed by atoms with Crippen LogP contribution in [-0.4, -0.2) is 27.3 Å². The molecule has 1 aliphatic rings. The maximum Gasteiger partial charge on any atom is 0.175 e. The molecule has 1 aromatic carbocycles. The maximum absolute atomic E-state index is 5.46. The first-order chi connectivity index (χ1) is 8.69. The van der Waals surface area contributed by atoms with E-state index in [2.05, 4.69) is 34.2 Å². The van der Waals surface area contributed by atoms with Crippen LogP contribution < -0.4 is 14.8 Å². The van der Waals surface area contributed by atoms with Crippen molar-refractivity contribution in [3.63, 3.8) is 0 Å². The summed E-state index contributed by atoms with van der Waals surface area (Å²) in [5.74, 6) is 2.13. The first kappa shape index (κ1) is 13.7. The van der Waals surface area contributed by atoms with Gasteiger partial charge in [0.25, 0.3) is 0 Å². The summed E-state index contributed by atoms with van der Waals surface area (Å²) in [5, 5.41) is 3.46. The van der Waals surface area contributed by atoms with Crippen molar-refractivity contribution in [2.45, 2.75) is 25.7 Å². The van der Waals surface area contributed by atoms with Gasteiger partial charge in [-0.3, -0.25) is 0 Å². The summed E-state index contributed by atoms with van der Waals surface area (Å²) in [5.41, 5.74) is 2.60. The Hall–Kier alpha value is -0.740. The molecule has 0 saturated carbocycles. The van der Waals surface area contributed by atoms with E-state index in [-0.39, 0.29) is 0 Å². The summed E-state index contributed by atoms with van der Waals surface area (Å²) in [4.78, 5) is 0. The van der Waals surface area contributed by atoms with Crippen LogP contribution in [0.15, 0.2) is 10.5 Å². The smallest absolute Gasteiger partial charge is 0.175 e. The summed E-state index contributed by atoms with van der Waals surface area (Å²) >= 11 is 3.69. The molecule has 1 N–H and O–H groups in total. The predicted octanol–water partition coefficient (Wildman–Crippen LogP) is 3.24. The van der Waals surface area contributed by atoms with Crippen LogP contribution in [0.1, 0.15) is 29.9 Å². The number of ether oxygens (including phenoxy) is 2. The number of halogens is 1. The average Bonchev–Trinajstić information content (AvgIpc) is 2.39. The number of methoxy groups -OCH3 is 2. The molecule has 0 radical (unpaired) electrons. The van der Waals surface area contributed by atoms with Crippen LogP contribution in [0.2, 0.25) is 0 Å². The third kappa shape index (κ3) is 2.50. The number of benzene rings is 1. The Morgan fingerprint density at radius 2 is 2.11 bits per heavy atom. The van der Waals surface area contributed by atoms with Crippen molar-refractivity contribution in [2.24, 2.45) is 0 Å². The van der Waals surface area contributed by atoms with Crippen molar-refractivity contribution in [1.29, 1.82) is 0 Å². The van der Waals surface area contributed by atoms with Gasteiger partial charge in [0.15, 0.2) is 11.5 Å². The minimum absolute atomic E-state index is 0.549. The normalized spacial score (nSPS) is 19.7. The fraction of sp³-hybridized carbons (Fsp3) is 0.571. The fourth-order valence-electron chi connectivity index (χ4n) is 2.68. The molecule has 3 nitrogen and oxygen atoms in total. The zero-order valence-corrected chi connectivity index (χ0v) is 12.8. The number of aryl methyl sites for hydroxylation is 1. The van der Waals surface area contributed by atoms with Gasteiger partial charge in [0, 0.05) is 6.54 Å². The van der Waals surface area contributed by atoms with Crippen molar-refractivity contribution >= 4 is 15.9 Å². The van der Waals surface area contributed by atoms with Crippen molar-refractivity contribution in [3.05, 3.63) is 21.7 Å². The lowest BCUT2D eigenvalue weighted by Gasteiger charge is -2.27. The molecule has 4 heteroatoms. The van der Waals surface area contributed by atoms with E-state index in [9.17, 15) is 0 Å². The highest BCUT2D eigenvalue weighted by molar-refractivity contribution is 9.10. The molecule has 1 aromatic rings. The molecule has 1 fully saturated rings. The number of hydrogen-bond donors (Lipinski definition) is 1. The molecule has 0 aromatic heterocycles. The van der Waals surface area contributed by atoms with Crippen LogP contribution in [0, 0.1) is 6.92 Å². The molecule has 0 spiro atoms. The molecule has 0 aliphatic carbocycles. The molecular weight excluding hydrogens is 294 g/mol. The third-order valence-corrected chi connectivity index (χ3v) is 4.35. The third-order valence-electron chi connectivity index (χ3n) is 3.56. The molecule has 18 heavy (non-hydrogen) atoms. The van der Waals surface area contributed by atoms with Crippen molar-refractivity contribution < 1.29 is 9.47 Å². The van der Waals surface area contributed by atoms with Crippen LogP contribution in [0.5, 0.6) is 11.5 Å². The summed E-state index contributed by atoms with van der Waals surface area (Å²) in [7, 11) is 3.35. The number of piperidine rings is 1. The van der Waals surface area contributed by atoms with Gasteiger partial charge >= 0.3 is 0 Å². The first-order valence-electron chi connectivity index (χ1n) is 6.30. The molecule has 1 atom stereocenters. The van der Waals surface area contributed by atoms with E-state index in [1.807, 2.05) is 0 Å². The van der Waals surface area contributed by atoms with Crippen LogP contribution in [0.3, 0.4) is 0 Å². The van der Waals surface area contributed by atoms with Gasteiger partial charge in [-0.1, -0.05) is 0 Å². The van der Waals surface area contributed by atoms with Crippen molar-refractivity contribution in [3.8, 4) is 11.5 Å². The highest BCUT2D eigenvalue weighted by atomic mass is 79.9. The summed E-state index contributed by atoms with van der Waals surface area (Å²) in [6, 6.07) is 2.06. The molecule has 0 bridgehead atoms. The first-order valence-corrected chi connectivity index (χ1v) is 7.10. The minimum atomic E-state index is 0.549. The SMILES string of the molecule is COc1cc(C)c(C2CCCNC2)c(Br)c1OC. The fourth-order valence-corrected chi connectivity index (χ4v) is 3.68. The van der Waals surface area contributed by atoms with Gasteiger partial charge in [0.1, 0.15) is 0 Å². The molecule has 1 saturated heterocycles. The van der Waals surface area contributed by atoms with Gasteiger partial charge in [-0.25, -0.2) is 0 Å². The highest BCUT2D eigenvalue weighted by Crippen LogP contribution is 2.43. The summed E-state index contributed by atoms with van der Waals surface area (Å²) in [6.07, 6.45) is 2.45. The van der Waals surface area contributed by atoms with E-state index < -0.39 is 0 Å². The number of nitrogens with one attached hydrogen (secondary N) is 1. The second-order valence-corrected chi connectivity index (χ2v) is 5.49. The van der Waals surface area contributed by atoms with Gasteiger partial charge in [-0.15, -0.1) is 0 Å². The van der Waals surface area contributed by atoms with E-state index in [0.717, 1.165) is 29.1 Å². The van der Waals surface area contributed by atoms with Crippen molar-refractivity contribution in [1.82, 2.24) is 5.32 Å². The molecule has 0 amide bonds. The molecular formula is C14H20BrNO2. The zero-order chi connectivity index (χ0) is 13.1. The van der Waals surface area contributed by atoms with Crippen molar-refractivity contribution in [2.75, 3.05) is 27.3 Å². The Bertz CT molecular complexity index is 428. The van der Waals surface area contributed by atoms with Gasteiger partial charge < -0.3 is 14.8 Å². The second kappa shape index (κ2) is 5.93. The topological polar surface area (TPSA) is 30.5 Å². The van der Waals surface area contributed by atoms with Crippen LogP contribution >= 0.6 is 15.9 Å². The number of hydrogen-bond acceptors (Lipinski definition) is 3. The number of rotatable bonds is 3. The minimum Gasteiger partial charge on any atom is -0.493 e. The lowest BCUT2D eigenvalue weighted by atomic mass is 9.88. The Kier molecular flexibility index (Phi) is 4.51. The average molecular weight is 314 g/mol. The van der Waals surface area contributed by atoms with E-state index in [4.69, 9.17) is 9.47 Å². The molecule has 2 rings (SSSR count). The van der Waals surface area contributed by atoms with Gasteiger partial charge in [-0.05, 0) is 65.4 Å². The predicted molar refractivity (Wildman–Crippen MR) is 76.8 cm³/mol. The monoisotopic (exact) mass is 313 g/mol. The van der Waals surface area contributed by atoms with E-state index in [1.54, 1.807) is 14.2 Å². The largest absolute Gasteiger partial charge is 0.493 e. The maximum atomic E-state index is 5.46. The Labute approximate surface area is 117 Å². The van der Waals surface area contributed by atoms with Gasteiger partial charge in [0.2, 0.25) is 0 Å². The lowest BCUT2D eigenvalue weighted by Crippen LogP contribution is -2.29. The van der Waals surface area contributed by atoms with E-state index in [1.165, 1.54) is 24.0 Å². The second-order valence-electron chi connectivity index (χ2n) is 4.70. The molecule has 1 unspecified atom stereocenters. The molecule has 1 aliphatic heterocycles. The quantitative estimate of drug-likeness (QED) is 0.929.